The van der Waals surface area contributed by atoms with Gasteiger partial charge in [-0.3, -0.25) is 4.79 Å². The Bertz CT molecular complexity index is 515. The Morgan fingerprint density at radius 1 is 1.14 bits per heavy atom. The molecule has 1 amide bonds. The molecule has 22 heavy (non-hydrogen) atoms. The van der Waals surface area contributed by atoms with E-state index in [9.17, 15) is 9.59 Å². The highest BCUT2D eigenvalue weighted by Crippen LogP contribution is 2.73. The second-order valence-corrected chi connectivity index (χ2v) is 9.70. The highest BCUT2D eigenvalue weighted by Gasteiger charge is 2.73. The first-order valence-electron chi connectivity index (χ1n) is 7.29. The smallest absolute Gasteiger partial charge is 0.358 e. The molecular weight excluding hydrogens is 349 g/mol. The van der Waals surface area contributed by atoms with Crippen LogP contribution in [0.1, 0.15) is 40.0 Å². The third-order valence-electron chi connectivity index (χ3n) is 6.24. The summed E-state index contributed by atoms with van der Waals surface area (Å²) in [5, 5.41) is 0. The lowest BCUT2D eigenvalue weighted by atomic mass is 9.64. The maximum atomic E-state index is 12.8. The van der Waals surface area contributed by atoms with E-state index in [1.165, 1.54) is 0 Å². The number of fused-ring (bicyclic) bond motifs is 2. The van der Waals surface area contributed by atoms with Crippen LogP contribution < -0.4 is 0 Å². The van der Waals surface area contributed by atoms with Crippen LogP contribution in [0.2, 0.25) is 0 Å². The minimum atomic E-state index is -2.10. The lowest BCUT2D eigenvalue weighted by Gasteiger charge is -2.41. The first kappa shape index (κ1) is 18.2. The maximum Gasteiger partial charge on any atom is 0.358 e. The largest absolute Gasteiger partial charge is 0.459 e. The molecule has 0 spiro atoms. The fourth-order valence-electron chi connectivity index (χ4n) is 4.36. The molecule has 4 nitrogen and oxygen atoms in total. The van der Waals surface area contributed by atoms with Gasteiger partial charge in [0.15, 0.2) is 0 Å². The summed E-state index contributed by atoms with van der Waals surface area (Å²) in [7, 11) is 3.51. The zero-order valence-corrected chi connectivity index (χ0v) is 15.8. The molecule has 0 N–H and O–H groups in total. The monoisotopic (exact) mass is 369 g/mol. The third-order valence-corrected chi connectivity index (χ3v) is 6.70. The lowest BCUT2D eigenvalue weighted by molar-refractivity contribution is -0.156. The molecule has 3 atom stereocenters. The Hall–Kier alpha value is -0.190. The van der Waals surface area contributed by atoms with Gasteiger partial charge in [-0.1, -0.05) is 55.6 Å². The number of rotatable bonds is 2. The van der Waals surface area contributed by atoms with E-state index in [0.29, 0.717) is 6.42 Å². The van der Waals surface area contributed by atoms with Crippen LogP contribution >= 0.6 is 34.8 Å². The maximum absolute atomic E-state index is 12.8. The van der Waals surface area contributed by atoms with Crippen molar-refractivity contribution in [1.29, 1.82) is 0 Å². The van der Waals surface area contributed by atoms with Gasteiger partial charge < -0.3 is 9.64 Å². The van der Waals surface area contributed by atoms with Crippen LogP contribution in [0.15, 0.2) is 0 Å². The van der Waals surface area contributed by atoms with Crippen LogP contribution in [-0.4, -0.2) is 40.8 Å². The van der Waals surface area contributed by atoms with Gasteiger partial charge in [-0.15, -0.1) is 0 Å². The standard InChI is InChI=1S/C15H22Cl3NO3/c1-12(2)13(3)6-7-14(12,10(20)19(4)5)8-9(13)22-11(21)15(16,17)18/h9H,6-8H2,1-5H3. The van der Waals surface area contributed by atoms with Gasteiger partial charge in [-0.05, 0) is 24.7 Å². The Balaban J connectivity index is 2.36. The summed E-state index contributed by atoms with van der Waals surface area (Å²) in [4.78, 5) is 26.4. The molecule has 2 fully saturated rings. The topological polar surface area (TPSA) is 46.6 Å². The average molecular weight is 371 g/mol. The van der Waals surface area contributed by atoms with Gasteiger partial charge in [-0.2, -0.15) is 0 Å². The van der Waals surface area contributed by atoms with Crippen LogP contribution in [0.25, 0.3) is 0 Å². The Morgan fingerprint density at radius 3 is 2.14 bits per heavy atom. The van der Waals surface area contributed by atoms with E-state index in [1.807, 2.05) is 0 Å². The summed E-state index contributed by atoms with van der Waals surface area (Å²) in [6, 6.07) is 0. The van der Waals surface area contributed by atoms with Crippen molar-refractivity contribution in [2.75, 3.05) is 14.1 Å². The molecule has 3 unspecified atom stereocenters. The number of esters is 1. The van der Waals surface area contributed by atoms with E-state index in [0.717, 1.165) is 12.8 Å². The molecule has 126 valence electrons. The summed E-state index contributed by atoms with van der Waals surface area (Å²) < 4.78 is 3.40. The van der Waals surface area contributed by atoms with Gasteiger partial charge in [0.05, 0.1) is 5.41 Å². The Kier molecular flexibility index (Phi) is 4.25. The van der Waals surface area contributed by atoms with Crippen LogP contribution in [0.4, 0.5) is 0 Å². The minimum absolute atomic E-state index is 0.0775. The first-order valence-corrected chi connectivity index (χ1v) is 8.42. The molecule has 2 bridgehead atoms. The SMILES string of the molecule is CN(C)C(=O)C12CCC(C)(C(OC(=O)C(Cl)(Cl)Cl)C1)C2(C)C. The number of hydrogen-bond acceptors (Lipinski definition) is 3. The zero-order chi connectivity index (χ0) is 17.1. The van der Waals surface area contributed by atoms with Crippen molar-refractivity contribution in [3.05, 3.63) is 0 Å². The van der Waals surface area contributed by atoms with Crippen molar-refractivity contribution in [3.8, 4) is 0 Å². The molecule has 0 radical (unpaired) electrons. The van der Waals surface area contributed by atoms with Gasteiger partial charge in [0.25, 0.3) is 3.79 Å². The predicted octanol–water partition coefficient (Wildman–Crippen LogP) is 3.57. The van der Waals surface area contributed by atoms with Gasteiger partial charge in [-0.25, -0.2) is 4.79 Å². The molecule has 0 saturated heterocycles. The quantitative estimate of drug-likeness (QED) is 0.551. The van der Waals surface area contributed by atoms with Gasteiger partial charge in [0, 0.05) is 19.5 Å². The zero-order valence-electron chi connectivity index (χ0n) is 13.5. The van der Waals surface area contributed by atoms with Crippen LogP contribution in [0.5, 0.6) is 0 Å². The summed E-state index contributed by atoms with van der Waals surface area (Å²) in [6.45, 7) is 6.20. The Morgan fingerprint density at radius 2 is 1.68 bits per heavy atom. The van der Waals surface area contributed by atoms with Crippen LogP contribution in [0.3, 0.4) is 0 Å². The highest BCUT2D eigenvalue weighted by molar-refractivity contribution is 6.75. The van der Waals surface area contributed by atoms with Crippen molar-refractivity contribution in [1.82, 2.24) is 4.90 Å². The second kappa shape index (κ2) is 5.15. The molecule has 0 heterocycles. The highest BCUT2D eigenvalue weighted by atomic mass is 35.6. The van der Waals surface area contributed by atoms with E-state index >= 15 is 0 Å². The fraction of sp³-hybridized carbons (Fsp3) is 0.867. The number of hydrogen-bond donors (Lipinski definition) is 0. The molecule has 0 aromatic carbocycles. The number of ether oxygens (including phenoxy) is 1. The number of carbonyl (C=O) groups is 2. The normalized spacial score (nSPS) is 36.3. The van der Waals surface area contributed by atoms with E-state index in [-0.39, 0.29) is 16.7 Å². The molecule has 2 aliphatic rings. The van der Waals surface area contributed by atoms with E-state index in [2.05, 4.69) is 20.8 Å². The van der Waals surface area contributed by atoms with Crippen molar-refractivity contribution in [3.63, 3.8) is 0 Å². The molecule has 2 saturated carbocycles. The second-order valence-electron chi connectivity index (χ2n) is 7.42. The average Bonchev–Trinajstić information content (AvgIpc) is 2.67. The van der Waals surface area contributed by atoms with E-state index < -0.39 is 21.3 Å². The number of carbonyl (C=O) groups excluding carboxylic acids is 2. The number of alkyl halides is 3. The lowest BCUT2D eigenvalue weighted by Crippen LogP contribution is -2.46. The number of amides is 1. The van der Waals surface area contributed by atoms with E-state index in [4.69, 9.17) is 39.5 Å². The van der Waals surface area contributed by atoms with E-state index in [1.54, 1.807) is 19.0 Å². The third kappa shape index (κ3) is 2.25. The molecule has 0 aromatic heterocycles. The molecule has 2 aliphatic carbocycles. The van der Waals surface area contributed by atoms with Crippen LogP contribution in [-0.2, 0) is 14.3 Å². The fourth-order valence-corrected chi connectivity index (χ4v) is 4.50. The predicted molar refractivity (Wildman–Crippen MR) is 87.0 cm³/mol. The summed E-state index contributed by atoms with van der Waals surface area (Å²) in [5.74, 6) is -0.798. The van der Waals surface area contributed by atoms with Gasteiger partial charge in [0.1, 0.15) is 6.10 Å². The van der Waals surface area contributed by atoms with Crippen molar-refractivity contribution in [2.45, 2.75) is 49.9 Å². The van der Waals surface area contributed by atoms with Gasteiger partial charge in [0.2, 0.25) is 5.91 Å². The van der Waals surface area contributed by atoms with Crippen LogP contribution in [0, 0.1) is 16.2 Å². The van der Waals surface area contributed by atoms with Crippen molar-refractivity contribution in [2.24, 2.45) is 16.2 Å². The number of nitrogens with zero attached hydrogens (tertiary/aromatic N) is 1. The van der Waals surface area contributed by atoms with Gasteiger partial charge >= 0.3 is 5.97 Å². The first-order chi connectivity index (χ1) is 9.79. The van der Waals surface area contributed by atoms with Crippen molar-refractivity contribution < 1.29 is 14.3 Å². The van der Waals surface area contributed by atoms with Crippen molar-refractivity contribution >= 4 is 46.7 Å². The molecule has 7 heteroatoms. The molecule has 0 aliphatic heterocycles. The summed E-state index contributed by atoms with van der Waals surface area (Å²) in [5.41, 5.74) is -1.16. The minimum Gasteiger partial charge on any atom is -0.459 e. The molecule has 0 aromatic rings. The molecule has 2 rings (SSSR count). The Labute approximate surface area is 146 Å². The summed E-state index contributed by atoms with van der Waals surface area (Å²) >= 11 is 16.8. The molecular formula is C15H22Cl3NO3. The summed E-state index contributed by atoms with van der Waals surface area (Å²) in [6.07, 6.45) is 1.63. The number of halogens is 3.